The van der Waals surface area contributed by atoms with E-state index in [-0.39, 0.29) is 88.3 Å². The summed E-state index contributed by atoms with van der Waals surface area (Å²) in [5.41, 5.74) is 3.43. The predicted molar refractivity (Wildman–Crippen MR) is 251 cm³/mol. The molecule has 2 aromatic carbocycles. The number of halogens is 3. The van der Waals surface area contributed by atoms with Crippen molar-refractivity contribution in [3.63, 3.8) is 0 Å². The van der Waals surface area contributed by atoms with Gasteiger partial charge in [-0.2, -0.15) is 9.97 Å². The molecular formula is C50H63F3N6O6Si. The molecule has 4 saturated heterocycles. The number of hydrogen-bond donors (Lipinski definition) is 0. The lowest BCUT2D eigenvalue weighted by Gasteiger charge is -2.46. The Morgan fingerprint density at radius 2 is 1.74 bits per heavy atom. The first-order valence-corrected chi connectivity index (χ1v) is 25.8. The van der Waals surface area contributed by atoms with Crippen molar-refractivity contribution in [1.82, 2.24) is 24.8 Å². The maximum absolute atomic E-state index is 18.1. The van der Waals surface area contributed by atoms with Crippen molar-refractivity contribution in [3.05, 3.63) is 41.5 Å². The van der Waals surface area contributed by atoms with Crippen LogP contribution in [0.3, 0.4) is 0 Å². The van der Waals surface area contributed by atoms with Crippen LogP contribution in [0.1, 0.15) is 100.0 Å². The standard InChI is InChI=1S/C50H63F3N6O6Si/c1-28(2)66(29(3)4,30(5)6)19-16-35-37(52)14-12-31-20-34(64-27-61-10)21-36(40(31)35)43-42(53)44-41-45(56-47(55-44)63-26-50-17-11-18-57(50)23-32(51)22-50)58-24-33-13-15-38(39(58)25-62-46(41)54-43)59(33)48(60)65-49(7,8)9/h12,14,20-21,28-30,32-33,38-39H,11,13,15,17-18,22-27H2,1-10H3/t32-,33-,38+,39-,50+/m1/s1. The average Bonchev–Trinajstić information content (AvgIpc) is 3.86. The van der Waals surface area contributed by atoms with Gasteiger partial charge in [0, 0.05) is 37.6 Å². The third-order valence-corrected chi connectivity index (χ3v) is 21.2. The minimum atomic E-state index is -2.36. The van der Waals surface area contributed by atoms with Crippen LogP contribution in [-0.4, -0.2) is 121 Å². The van der Waals surface area contributed by atoms with Crippen molar-refractivity contribution in [1.29, 1.82) is 0 Å². The van der Waals surface area contributed by atoms with Gasteiger partial charge in [0.25, 0.3) is 0 Å². The van der Waals surface area contributed by atoms with E-state index in [1.54, 1.807) is 18.2 Å². The molecule has 12 nitrogen and oxygen atoms in total. The highest BCUT2D eigenvalue weighted by atomic mass is 28.3. The fourth-order valence-corrected chi connectivity index (χ4v) is 17.3. The smallest absolute Gasteiger partial charge is 0.410 e. The number of carbonyl (C=O) groups excluding carboxylic acids is 1. The molecule has 0 unspecified atom stereocenters. The van der Waals surface area contributed by atoms with Crippen molar-refractivity contribution >= 4 is 41.7 Å². The molecule has 5 atom stereocenters. The fraction of sp³-hybridized carbons (Fsp3) is 0.600. The highest BCUT2D eigenvalue weighted by Gasteiger charge is 2.53. The lowest BCUT2D eigenvalue weighted by atomic mass is 9.95. The van der Waals surface area contributed by atoms with Crippen molar-refractivity contribution in [2.75, 3.05) is 51.7 Å². The first-order valence-electron chi connectivity index (χ1n) is 23.6. The van der Waals surface area contributed by atoms with E-state index in [4.69, 9.17) is 38.6 Å². The van der Waals surface area contributed by atoms with Crippen LogP contribution in [0.25, 0.3) is 32.9 Å². The summed E-state index contributed by atoms with van der Waals surface area (Å²) in [6.07, 6.45) is 2.07. The van der Waals surface area contributed by atoms with Crippen molar-refractivity contribution in [3.8, 4) is 40.4 Å². The Morgan fingerprint density at radius 3 is 2.45 bits per heavy atom. The summed E-state index contributed by atoms with van der Waals surface area (Å²) in [5, 5.41) is 1.19. The summed E-state index contributed by atoms with van der Waals surface area (Å²) in [6.45, 7) is 20.3. The molecule has 66 heavy (non-hydrogen) atoms. The SMILES string of the molecule is COCOc1cc(-c2nc3c4c(nc(OC[C@@]56CCCN5C[C@H](F)C6)nc4c2F)N2C[C@H]4CC[C@@H]([C@H]2CO3)N4C(=O)OC(C)(C)C)c2c(C#C[Si](C(C)C)(C(C)C)C(C)C)c(F)ccc2c1. The van der Waals surface area contributed by atoms with Gasteiger partial charge in [-0.05, 0) is 93.2 Å². The van der Waals surface area contributed by atoms with Crippen molar-refractivity contribution < 1.29 is 41.7 Å². The molecule has 5 aliphatic rings. The van der Waals surface area contributed by atoms with Crippen LogP contribution in [0, 0.1) is 23.1 Å². The van der Waals surface area contributed by atoms with E-state index >= 15 is 8.78 Å². The minimum Gasteiger partial charge on any atom is -0.475 e. The monoisotopic (exact) mass is 928 g/mol. The first-order chi connectivity index (χ1) is 31.4. The van der Waals surface area contributed by atoms with Gasteiger partial charge >= 0.3 is 12.1 Å². The normalized spacial score (nSPS) is 23.9. The van der Waals surface area contributed by atoms with Crippen LogP contribution in [-0.2, 0) is 9.47 Å². The molecule has 16 heteroatoms. The van der Waals surface area contributed by atoms with Gasteiger partial charge < -0.3 is 28.6 Å². The average molecular weight is 929 g/mol. The third kappa shape index (κ3) is 7.90. The van der Waals surface area contributed by atoms with Gasteiger partial charge in [0.05, 0.1) is 29.2 Å². The number of ether oxygens (including phenoxy) is 5. The number of pyridine rings is 1. The predicted octanol–water partition coefficient (Wildman–Crippen LogP) is 9.98. The molecule has 1 amide bonds. The van der Waals surface area contributed by atoms with E-state index in [1.165, 1.54) is 13.2 Å². The molecule has 9 rings (SSSR count). The van der Waals surface area contributed by atoms with Gasteiger partial charge in [-0.15, -0.1) is 5.54 Å². The Morgan fingerprint density at radius 1 is 0.985 bits per heavy atom. The molecule has 0 aliphatic carbocycles. The van der Waals surface area contributed by atoms with E-state index in [0.29, 0.717) is 48.3 Å². The summed E-state index contributed by atoms with van der Waals surface area (Å²) in [4.78, 5) is 34.6. The number of methoxy groups -OCH3 is 1. The lowest BCUT2D eigenvalue weighted by molar-refractivity contribution is 0.00537. The van der Waals surface area contributed by atoms with Crippen LogP contribution in [0.4, 0.5) is 23.8 Å². The molecule has 2 aromatic heterocycles. The maximum Gasteiger partial charge on any atom is 0.410 e. The van der Waals surface area contributed by atoms with Crippen LogP contribution in [0.15, 0.2) is 24.3 Å². The number of hydrogen-bond acceptors (Lipinski definition) is 11. The third-order valence-electron chi connectivity index (χ3n) is 14.9. The molecule has 2 bridgehead atoms. The largest absolute Gasteiger partial charge is 0.475 e. The number of carbonyl (C=O) groups is 1. The van der Waals surface area contributed by atoms with Crippen LogP contribution < -0.4 is 19.1 Å². The molecule has 0 radical (unpaired) electrons. The van der Waals surface area contributed by atoms with E-state index in [0.717, 1.165) is 25.8 Å². The number of anilines is 1. The molecule has 4 aromatic rings. The van der Waals surface area contributed by atoms with E-state index in [1.807, 2.05) is 25.7 Å². The van der Waals surface area contributed by atoms with Crippen LogP contribution in [0.2, 0.25) is 16.6 Å². The van der Waals surface area contributed by atoms with Gasteiger partial charge in [-0.3, -0.25) is 9.80 Å². The van der Waals surface area contributed by atoms with E-state index in [2.05, 4.69) is 62.8 Å². The maximum atomic E-state index is 18.1. The van der Waals surface area contributed by atoms with Crippen molar-refractivity contribution in [2.24, 2.45) is 0 Å². The molecule has 0 N–H and O–H groups in total. The Kier molecular flexibility index (Phi) is 12.2. The highest BCUT2D eigenvalue weighted by molar-refractivity contribution is 6.90. The number of alkyl halides is 1. The first kappa shape index (κ1) is 46.3. The second-order valence-electron chi connectivity index (χ2n) is 20.9. The number of piperazine rings is 1. The van der Waals surface area contributed by atoms with Crippen LogP contribution >= 0.6 is 0 Å². The number of nitrogens with zero attached hydrogens (tertiary/aromatic N) is 6. The highest BCUT2D eigenvalue weighted by Crippen LogP contribution is 2.48. The lowest BCUT2D eigenvalue weighted by Crippen LogP contribution is -2.63. The Balaban J connectivity index is 1.25. The molecule has 354 valence electrons. The summed E-state index contributed by atoms with van der Waals surface area (Å²) < 4.78 is 79.9. The minimum absolute atomic E-state index is 0.0670. The molecule has 5 aliphatic heterocycles. The molecule has 0 saturated carbocycles. The second kappa shape index (κ2) is 17.3. The molecule has 7 heterocycles. The van der Waals surface area contributed by atoms with E-state index in [9.17, 15) is 9.18 Å². The summed E-state index contributed by atoms with van der Waals surface area (Å²) >= 11 is 0. The zero-order valence-corrected chi connectivity index (χ0v) is 40.9. The van der Waals surface area contributed by atoms with Crippen LogP contribution in [0.5, 0.6) is 17.6 Å². The quantitative estimate of drug-likeness (QED) is 0.0861. The Labute approximate surface area is 386 Å². The summed E-state index contributed by atoms with van der Waals surface area (Å²) in [6, 6.07) is 5.41. The number of benzene rings is 2. The molecule has 0 spiro atoms. The number of rotatable bonds is 10. The van der Waals surface area contributed by atoms with Gasteiger partial charge in [-0.25, -0.2) is 22.9 Å². The van der Waals surface area contributed by atoms with E-state index < -0.39 is 49.2 Å². The van der Waals surface area contributed by atoms with Gasteiger partial charge in [0.2, 0.25) is 5.88 Å². The van der Waals surface area contributed by atoms with Crippen molar-refractivity contribution in [2.45, 2.75) is 146 Å². The van der Waals surface area contributed by atoms with Gasteiger partial charge in [0.1, 0.15) is 67.0 Å². The Bertz CT molecular complexity index is 2590. The topological polar surface area (TPSA) is 112 Å². The van der Waals surface area contributed by atoms with Gasteiger partial charge in [-0.1, -0.05) is 53.5 Å². The molecular weight excluding hydrogens is 866 g/mol. The number of fused-ring (bicyclic) bond motifs is 7. The summed E-state index contributed by atoms with van der Waals surface area (Å²) in [5.74, 6) is 2.81. The fourth-order valence-electron chi connectivity index (χ4n) is 12.1. The zero-order valence-electron chi connectivity index (χ0n) is 39.9. The summed E-state index contributed by atoms with van der Waals surface area (Å²) in [7, 11) is -0.860. The number of aromatic nitrogens is 3. The number of amides is 1. The zero-order chi connectivity index (χ0) is 47.0. The molecule has 4 fully saturated rings. The second-order valence-corrected chi connectivity index (χ2v) is 26.5. The van der Waals surface area contributed by atoms with Gasteiger partial charge in [0.15, 0.2) is 12.6 Å². The Hall–Kier alpha value is -4.85.